The highest BCUT2D eigenvalue weighted by Gasteiger charge is 2.29. The van der Waals surface area contributed by atoms with Gasteiger partial charge in [0.25, 0.3) is 5.91 Å². The topological polar surface area (TPSA) is 64.6 Å². The Balaban J connectivity index is 1.60. The van der Waals surface area contributed by atoms with E-state index in [4.69, 9.17) is 9.47 Å². The van der Waals surface area contributed by atoms with Gasteiger partial charge in [0, 0.05) is 13.0 Å². The minimum Gasteiger partial charge on any atom is -0.480 e. The highest BCUT2D eigenvalue weighted by molar-refractivity contribution is 7.12. The Morgan fingerprint density at radius 3 is 3.05 bits per heavy atom. The standard InChI is InChI=1S/C14H15N3O3S/c1-19-12-7-15-8-13(16-12)20-10-4-5-17(9-10)14(18)11-3-2-6-21-11/h2-3,6-8,10H,4-5,9H2,1H3/t10-/m0/s1. The fourth-order valence-electron chi connectivity index (χ4n) is 2.22. The Morgan fingerprint density at radius 1 is 1.43 bits per heavy atom. The van der Waals surface area contributed by atoms with Crippen LogP contribution in [0.2, 0.25) is 0 Å². The first-order valence-electron chi connectivity index (χ1n) is 6.62. The summed E-state index contributed by atoms with van der Waals surface area (Å²) in [5.74, 6) is 0.898. The molecule has 0 radical (unpaired) electrons. The van der Waals surface area contributed by atoms with Gasteiger partial charge in [-0.05, 0) is 11.4 Å². The van der Waals surface area contributed by atoms with Gasteiger partial charge in [-0.15, -0.1) is 11.3 Å². The molecule has 0 N–H and O–H groups in total. The molecule has 3 rings (SSSR count). The Morgan fingerprint density at radius 2 is 2.29 bits per heavy atom. The van der Waals surface area contributed by atoms with Crippen LogP contribution in [-0.2, 0) is 0 Å². The quantitative estimate of drug-likeness (QED) is 0.862. The molecule has 21 heavy (non-hydrogen) atoms. The molecule has 0 aromatic carbocycles. The number of thiophene rings is 1. The van der Waals surface area contributed by atoms with Crippen molar-refractivity contribution >= 4 is 17.2 Å². The highest BCUT2D eigenvalue weighted by Crippen LogP contribution is 2.20. The summed E-state index contributed by atoms with van der Waals surface area (Å²) in [4.78, 5) is 23.0. The van der Waals surface area contributed by atoms with Crippen LogP contribution in [0.1, 0.15) is 16.1 Å². The summed E-state index contributed by atoms with van der Waals surface area (Å²) in [6.45, 7) is 1.26. The molecule has 1 aliphatic heterocycles. The molecule has 2 aromatic heterocycles. The fraction of sp³-hybridized carbons (Fsp3) is 0.357. The molecule has 0 unspecified atom stereocenters. The lowest BCUT2D eigenvalue weighted by Gasteiger charge is -2.16. The van der Waals surface area contributed by atoms with Gasteiger partial charge in [-0.2, -0.15) is 4.98 Å². The molecule has 6 nitrogen and oxygen atoms in total. The van der Waals surface area contributed by atoms with Gasteiger partial charge >= 0.3 is 0 Å². The Labute approximate surface area is 126 Å². The molecular weight excluding hydrogens is 290 g/mol. The van der Waals surface area contributed by atoms with Gasteiger partial charge in [-0.25, -0.2) is 0 Å². The number of nitrogens with zero attached hydrogens (tertiary/aromatic N) is 3. The molecule has 0 spiro atoms. The number of carbonyl (C=O) groups excluding carboxylic acids is 1. The first-order chi connectivity index (χ1) is 10.3. The number of aromatic nitrogens is 2. The van der Waals surface area contributed by atoms with Gasteiger partial charge in [-0.1, -0.05) is 6.07 Å². The fourth-order valence-corrected chi connectivity index (χ4v) is 2.91. The van der Waals surface area contributed by atoms with E-state index in [0.717, 1.165) is 11.3 Å². The summed E-state index contributed by atoms with van der Waals surface area (Å²) in [5, 5.41) is 1.91. The van der Waals surface area contributed by atoms with E-state index in [1.165, 1.54) is 24.6 Å². The molecular formula is C14H15N3O3S. The molecule has 110 valence electrons. The predicted molar refractivity (Wildman–Crippen MR) is 77.8 cm³/mol. The van der Waals surface area contributed by atoms with Gasteiger partial charge in [-0.3, -0.25) is 9.78 Å². The summed E-state index contributed by atoms with van der Waals surface area (Å²) < 4.78 is 10.8. The van der Waals surface area contributed by atoms with Gasteiger partial charge in [0.1, 0.15) is 6.10 Å². The molecule has 0 saturated carbocycles. The maximum atomic E-state index is 12.2. The van der Waals surface area contributed by atoms with E-state index in [9.17, 15) is 4.79 Å². The zero-order valence-electron chi connectivity index (χ0n) is 11.6. The van der Waals surface area contributed by atoms with Crippen LogP contribution in [0, 0.1) is 0 Å². The lowest BCUT2D eigenvalue weighted by atomic mass is 10.3. The smallest absolute Gasteiger partial charge is 0.264 e. The summed E-state index contributed by atoms with van der Waals surface area (Å²) in [5.41, 5.74) is 0. The number of carbonyl (C=O) groups is 1. The van der Waals surface area contributed by atoms with Crippen molar-refractivity contribution in [1.29, 1.82) is 0 Å². The monoisotopic (exact) mass is 305 g/mol. The minimum atomic E-state index is -0.0599. The molecule has 2 aromatic rings. The van der Waals surface area contributed by atoms with Crippen molar-refractivity contribution in [3.8, 4) is 11.8 Å². The summed E-state index contributed by atoms with van der Waals surface area (Å²) in [7, 11) is 1.53. The van der Waals surface area contributed by atoms with Gasteiger partial charge in [0.05, 0.1) is 30.9 Å². The van der Waals surface area contributed by atoms with Crippen molar-refractivity contribution in [3.63, 3.8) is 0 Å². The van der Waals surface area contributed by atoms with Crippen molar-refractivity contribution in [3.05, 3.63) is 34.8 Å². The van der Waals surface area contributed by atoms with Crippen LogP contribution in [-0.4, -0.2) is 47.1 Å². The first-order valence-corrected chi connectivity index (χ1v) is 7.49. The summed E-state index contributed by atoms with van der Waals surface area (Å²) in [6.07, 6.45) is 3.80. The molecule has 1 amide bonds. The van der Waals surface area contributed by atoms with Crippen molar-refractivity contribution in [2.24, 2.45) is 0 Å². The zero-order chi connectivity index (χ0) is 14.7. The first kappa shape index (κ1) is 13.8. The maximum absolute atomic E-state index is 12.2. The number of hydrogen-bond acceptors (Lipinski definition) is 6. The second kappa shape index (κ2) is 6.09. The summed E-state index contributed by atoms with van der Waals surface area (Å²) >= 11 is 1.46. The third kappa shape index (κ3) is 3.13. The SMILES string of the molecule is COc1cncc(O[C@H]2CCN(C(=O)c3cccs3)C2)n1. The predicted octanol–water partition coefficient (Wildman–Crippen LogP) is 1.84. The van der Waals surface area contributed by atoms with E-state index in [2.05, 4.69) is 9.97 Å². The van der Waals surface area contributed by atoms with E-state index >= 15 is 0 Å². The average Bonchev–Trinajstić information content (AvgIpc) is 3.18. The van der Waals surface area contributed by atoms with Crippen LogP contribution in [0.4, 0.5) is 0 Å². The second-order valence-electron chi connectivity index (χ2n) is 4.66. The number of methoxy groups -OCH3 is 1. The Hall–Kier alpha value is -2.15. The largest absolute Gasteiger partial charge is 0.480 e. The van der Waals surface area contributed by atoms with Crippen LogP contribution in [0.3, 0.4) is 0 Å². The van der Waals surface area contributed by atoms with Crippen LogP contribution in [0.25, 0.3) is 0 Å². The second-order valence-corrected chi connectivity index (χ2v) is 5.60. The molecule has 1 atom stereocenters. The Bertz CT molecular complexity index is 618. The van der Waals surface area contributed by atoms with Crippen molar-refractivity contribution in [2.45, 2.75) is 12.5 Å². The molecule has 0 aliphatic carbocycles. The molecule has 3 heterocycles. The van der Waals surface area contributed by atoms with Crippen LogP contribution >= 0.6 is 11.3 Å². The Kier molecular flexibility index (Phi) is 4.01. The number of rotatable bonds is 4. The number of amides is 1. The van der Waals surface area contributed by atoms with Crippen molar-refractivity contribution in [1.82, 2.24) is 14.9 Å². The van der Waals surface area contributed by atoms with Gasteiger partial charge in [0.2, 0.25) is 11.8 Å². The van der Waals surface area contributed by atoms with Crippen molar-refractivity contribution in [2.75, 3.05) is 20.2 Å². The van der Waals surface area contributed by atoms with Crippen LogP contribution < -0.4 is 9.47 Å². The van der Waals surface area contributed by atoms with E-state index in [1.807, 2.05) is 22.4 Å². The van der Waals surface area contributed by atoms with Crippen LogP contribution in [0.15, 0.2) is 29.9 Å². The van der Waals surface area contributed by atoms with Crippen molar-refractivity contribution < 1.29 is 14.3 Å². The maximum Gasteiger partial charge on any atom is 0.264 e. The molecule has 7 heteroatoms. The lowest BCUT2D eigenvalue weighted by molar-refractivity contribution is 0.0775. The van der Waals surface area contributed by atoms with Gasteiger partial charge < -0.3 is 14.4 Å². The number of likely N-dealkylation sites (tertiary alicyclic amines) is 1. The summed E-state index contributed by atoms with van der Waals surface area (Å²) in [6, 6.07) is 3.72. The molecule has 0 bridgehead atoms. The number of hydrogen-bond donors (Lipinski definition) is 0. The van der Waals surface area contributed by atoms with E-state index < -0.39 is 0 Å². The van der Waals surface area contributed by atoms with Gasteiger partial charge in [0.15, 0.2) is 0 Å². The average molecular weight is 305 g/mol. The lowest BCUT2D eigenvalue weighted by Crippen LogP contribution is -2.30. The highest BCUT2D eigenvalue weighted by atomic mass is 32.1. The molecule has 1 saturated heterocycles. The normalized spacial score (nSPS) is 17.8. The zero-order valence-corrected chi connectivity index (χ0v) is 12.4. The molecule has 1 fully saturated rings. The number of ether oxygens (including phenoxy) is 2. The third-order valence-electron chi connectivity index (χ3n) is 3.25. The van der Waals surface area contributed by atoms with Crippen LogP contribution in [0.5, 0.6) is 11.8 Å². The van der Waals surface area contributed by atoms with E-state index in [-0.39, 0.29) is 12.0 Å². The molecule has 1 aliphatic rings. The van der Waals surface area contributed by atoms with E-state index in [0.29, 0.717) is 24.8 Å². The third-order valence-corrected chi connectivity index (χ3v) is 4.11. The van der Waals surface area contributed by atoms with E-state index in [1.54, 1.807) is 6.20 Å². The minimum absolute atomic E-state index is 0.0599.